The number of ether oxygens (including phenoxy) is 3. The highest BCUT2D eigenvalue weighted by Gasteiger charge is 2.48. The molecule has 4 aliphatic rings. The van der Waals surface area contributed by atoms with E-state index in [0.29, 0.717) is 95.7 Å². The quantitative estimate of drug-likeness (QED) is 0.355. The first-order chi connectivity index (χ1) is 26.4. The van der Waals surface area contributed by atoms with Gasteiger partial charge in [0.05, 0.1) is 42.9 Å². The molecule has 3 heterocycles. The molecule has 1 aliphatic carbocycles. The molecule has 14 heteroatoms. The minimum Gasteiger partial charge on any atom is -0.487 e. The zero-order valence-corrected chi connectivity index (χ0v) is 34.2. The summed E-state index contributed by atoms with van der Waals surface area (Å²) in [5, 5.41) is 12.6. The summed E-state index contributed by atoms with van der Waals surface area (Å²) >= 11 is 6.38. The van der Waals surface area contributed by atoms with Gasteiger partial charge in [0, 0.05) is 57.0 Å². The van der Waals surface area contributed by atoms with E-state index in [2.05, 4.69) is 14.5 Å². The molecular formula is C41H59ClN4O8S. The van der Waals surface area contributed by atoms with Gasteiger partial charge in [0.25, 0.3) is 5.91 Å². The van der Waals surface area contributed by atoms with Crippen LogP contribution in [-0.2, 0) is 37.3 Å². The molecule has 0 spiro atoms. The maximum Gasteiger partial charge on any atom is 0.264 e. The van der Waals surface area contributed by atoms with E-state index in [9.17, 15) is 23.1 Å². The lowest BCUT2D eigenvalue weighted by Gasteiger charge is -2.51. The van der Waals surface area contributed by atoms with Crippen LogP contribution >= 0.6 is 11.6 Å². The van der Waals surface area contributed by atoms with E-state index in [1.54, 1.807) is 32.2 Å². The van der Waals surface area contributed by atoms with Crippen LogP contribution in [0.3, 0.4) is 0 Å². The van der Waals surface area contributed by atoms with Crippen LogP contribution in [0.2, 0.25) is 5.02 Å². The molecule has 6 rings (SSSR count). The predicted molar refractivity (Wildman–Crippen MR) is 213 cm³/mol. The number of halogens is 1. The molecule has 0 unspecified atom stereocenters. The number of nitrogens with one attached hydrogen (secondary N) is 1. The van der Waals surface area contributed by atoms with Gasteiger partial charge in [0.1, 0.15) is 12.4 Å². The van der Waals surface area contributed by atoms with Gasteiger partial charge in [-0.25, -0.2) is 13.1 Å². The summed E-state index contributed by atoms with van der Waals surface area (Å²) < 4.78 is 46.6. The second kappa shape index (κ2) is 18.5. The van der Waals surface area contributed by atoms with E-state index in [1.807, 2.05) is 30.0 Å². The van der Waals surface area contributed by atoms with Crippen molar-refractivity contribution in [2.24, 2.45) is 17.8 Å². The Morgan fingerprint density at radius 2 is 1.82 bits per heavy atom. The molecule has 0 aromatic heterocycles. The molecule has 304 valence electrons. The number of hydrogen-bond donors (Lipinski definition) is 2. The molecule has 5 atom stereocenters. The molecule has 55 heavy (non-hydrogen) atoms. The van der Waals surface area contributed by atoms with Gasteiger partial charge in [-0.3, -0.25) is 14.5 Å². The van der Waals surface area contributed by atoms with Crippen molar-refractivity contribution in [3.63, 3.8) is 0 Å². The Morgan fingerprint density at radius 1 is 0.982 bits per heavy atom. The van der Waals surface area contributed by atoms with Crippen molar-refractivity contribution in [3.05, 3.63) is 58.1 Å². The number of amides is 2. The van der Waals surface area contributed by atoms with Gasteiger partial charge in [-0.15, -0.1) is 0 Å². The third kappa shape index (κ3) is 10.3. The Balaban J connectivity index is 1.28. The number of sulfonamides is 1. The first kappa shape index (κ1) is 41.7. The summed E-state index contributed by atoms with van der Waals surface area (Å²) in [5.41, 5.74) is 2.11. The number of aliphatic hydroxyl groups is 1. The van der Waals surface area contributed by atoms with E-state index in [1.165, 1.54) is 0 Å². The largest absolute Gasteiger partial charge is 0.487 e. The van der Waals surface area contributed by atoms with Crippen molar-refractivity contribution < 1.29 is 37.3 Å². The molecule has 2 amide bonds. The lowest BCUT2D eigenvalue weighted by atomic mass is 9.62. The van der Waals surface area contributed by atoms with E-state index < -0.39 is 26.8 Å². The van der Waals surface area contributed by atoms with Crippen molar-refractivity contribution in [2.45, 2.75) is 82.7 Å². The predicted octanol–water partition coefficient (Wildman–Crippen LogP) is 4.89. The average Bonchev–Trinajstić information content (AvgIpc) is 3.16. The van der Waals surface area contributed by atoms with Crippen LogP contribution in [0.5, 0.6) is 5.75 Å². The number of hydrogen-bond acceptors (Lipinski definition) is 10. The highest BCUT2D eigenvalue weighted by Crippen LogP contribution is 2.46. The highest BCUT2D eigenvalue weighted by molar-refractivity contribution is 7.90. The summed E-state index contributed by atoms with van der Waals surface area (Å²) in [5.74, 6) is -0.130. The monoisotopic (exact) mass is 802 g/mol. The summed E-state index contributed by atoms with van der Waals surface area (Å²) in [6.07, 6.45) is 6.14. The molecule has 1 saturated heterocycles. The Hall–Kier alpha value is -2.94. The lowest BCUT2D eigenvalue weighted by molar-refractivity contribution is -0.142. The molecule has 2 aromatic rings. The van der Waals surface area contributed by atoms with Crippen molar-refractivity contribution >= 4 is 39.1 Å². The van der Waals surface area contributed by atoms with Crippen LogP contribution in [0.25, 0.3) is 0 Å². The number of nitrogens with zero attached hydrogens (tertiary/aromatic N) is 3. The van der Waals surface area contributed by atoms with Gasteiger partial charge in [0.2, 0.25) is 15.9 Å². The van der Waals surface area contributed by atoms with Crippen molar-refractivity contribution in [1.82, 2.24) is 14.5 Å². The van der Waals surface area contributed by atoms with Gasteiger partial charge in [-0.2, -0.15) is 0 Å². The normalized spacial score (nSPS) is 28.2. The first-order valence-electron chi connectivity index (χ1n) is 20.0. The second-order valence-corrected chi connectivity index (χ2v) is 18.6. The van der Waals surface area contributed by atoms with Crippen LogP contribution in [0.4, 0.5) is 5.69 Å². The van der Waals surface area contributed by atoms with Crippen molar-refractivity contribution in [3.8, 4) is 5.75 Å². The van der Waals surface area contributed by atoms with E-state index >= 15 is 0 Å². The molecule has 2 fully saturated rings. The molecule has 2 N–H and O–H groups in total. The number of methoxy groups -OCH3 is 1. The fourth-order valence-electron chi connectivity index (χ4n) is 8.73. The Morgan fingerprint density at radius 3 is 2.58 bits per heavy atom. The number of carbonyl (C=O) groups is 2. The minimum absolute atomic E-state index is 0.0142. The maximum atomic E-state index is 13.6. The number of β-amino-alcohol motifs (C(OH)–C–C–N with tert-alkyl or cyclic N) is 1. The van der Waals surface area contributed by atoms with Crippen LogP contribution in [-0.4, -0.2) is 119 Å². The number of rotatable bonds is 8. The Labute approximate surface area is 331 Å². The summed E-state index contributed by atoms with van der Waals surface area (Å²) in [6, 6.07) is 11.0. The maximum absolute atomic E-state index is 13.6. The van der Waals surface area contributed by atoms with Crippen molar-refractivity contribution in [2.75, 3.05) is 77.6 Å². The zero-order chi connectivity index (χ0) is 39.2. The first-order valence-corrected chi connectivity index (χ1v) is 21.9. The van der Waals surface area contributed by atoms with E-state index in [0.717, 1.165) is 48.9 Å². The fraction of sp³-hybridized carbons (Fsp3) is 0.659. The van der Waals surface area contributed by atoms with E-state index in [4.69, 9.17) is 25.8 Å². The minimum atomic E-state index is -4.00. The Kier molecular flexibility index (Phi) is 14.1. The third-order valence-electron chi connectivity index (χ3n) is 12.4. The van der Waals surface area contributed by atoms with Crippen LogP contribution in [0.1, 0.15) is 80.3 Å². The van der Waals surface area contributed by atoms with Crippen LogP contribution in [0.15, 0.2) is 36.4 Å². The highest BCUT2D eigenvalue weighted by atomic mass is 35.5. The smallest absolute Gasteiger partial charge is 0.264 e. The molecule has 2 bridgehead atoms. The molecular weight excluding hydrogens is 744 g/mol. The molecule has 3 aliphatic heterocycles. The number of fused-ring (bicyclic) bond motifs is 3. The third-order valence-corrected chi connectivity index (χ3v) is 14.6. The molecule has 2 aromatic carbocycles. The fourth-order valence-corrected chi connectivity index (χ4v) is 10.2. The topological polar surface area (TPSA) is 138 Å². The zero-order valence-electron chi connectivity index (χ0n) is 32.6. The van der Waals surface area contributed by atoms with Gasteiger partial charge in [-0.05, 0) is 111 Å². The summed E-state index contributed by atoms with van der Waals surface area (Å²) in [4.78, 5) is 33.1. The van der Waals surface area contributed by atoms with Gasteiger partial charge in [0.15, 0.2) is 0 Å². The number of benzene rings is 2. The van der Waals surface area contributed by atoms with Crippen LogP contribution < -0.4 is 14.4 Å². The van der Waals surface area contributed by atoms with E-state index in [-0.39, 0.29) is 35.8 Å². The van der Waals surface area contributed by atoms with Crippen molar-refractivity contribution in [1.29, 1.82) is 0 Å². The Bertz CT molecular complexity index is 1760. The molecule has 0 radical (unpaired) electrons. The van der Waals surface area contributed by atoms with Gasteiger partial charge >= 0.3 is 0 Å². The lowest BCUT2D eigenvalue weighted by Crippen LogP contribution is -2.60. The standard InChI is InChI=1S/C41H59ClN4O8S/c1-29-7-6-15-41(49,28-44-17-18-45(39(47)26-44)19-20-53-22-21-52-3)36-13-10-33(36)25-46-16-5-4-8-31-23-35(42)12-9-34(31)27-54-38-14-11-32(24-37(38)46)40(48)43-55(50,51)30(29)2/h9,11-12,14,23-24,29-30,33,36,49H,4-8,10,13,15-22,25-28H2,1-3H3,(H,43,48)/t29-,30+,33-,36+,41+/m0/s1. The summed E-state index contributed by atoms with van der Waals surface area (Å²) in [6.45, 7) is 8.99. The number of carbonyl (C=O) groups excluding carboxylic acids is 2. The average molecular weight is 803 g/mol. The number of aryl methyl sites for hydroxylation is 1. The number of anilines is 1. The second-order valence-electron chi connectivity index (χ2n) is 16.1. The molecule has 12 nitrogen and oxygen atoms in total. The summed E-state index contributed by atoms with van der Waals surface area (Å²) in [7, 11) is -2.37. The number of piperazine rings is 1. The van der Waals surface area contributed by atoms with Gasteiger partial charge in [-0.1, -0.05) is 31.0 Å². The van der Waals surface area contributed by atoms with Crippen LogP contribution in [0, 0.1) is 17.8 Å². The van der Waals surface area contributed by atoms with Gasteiger partial charge < -0.3 is 29.1 Å². The SMILES string of the molecule is COCCOCCN1CCN(C[C@]2(O)CCC[C@H](C)[C@@H](C)S(=O)(=O)NC(=O)c3ccc4c(c3)N(CCCCc3cc(Cl)ccc3CO4)C[C@@H]3CC[C@H]32)CC1=O. The molecule has 1 saturated carbocycles.